The van der Waals surface area contributed by atoms with Crippen LogP contribution in [0.1, 0.15) is 23.1 Å². The monoisotopic (exact) mass is 420 g/mol. The number of aryl methyl sites for hydroxylation is 2. The Hall–Kier alpha value is -1.86. The predicted molar refractivity (Wildman–Crippen MR) is 101 cm³/mol. The molecule has 0 fully saturated rings. The first-order chi connectivity index (χ1) is 11.8. The Bertz CT molecular complexity index is 1000. The first-order valence-electron chi connectivity index (χ1n) is 8.10. The number of rotatable bonds is 3. The fourth-order valence-corrected chi connectivity index (χ4v) is 5.23. The molecule has 5 nitrogen and oxygen atoms in total. The number of carbonyl (C=O) groups is 1. The highest BCUT2D eigenvalue weighted by atomic mass is 79.9. The van der Waals surface area contributed by atoms with Gasteiger partial charge >= 0.3 is 0 Å². The number of hydrogen-bond acceptors (Lipinski definition) is 3. The molecule has 25 heavy (non-hydrogen) atoms. The molecule has 2 aliphatic heterocycles. The molecule has 1 amide bonds. The van der Waals surface area contributed by atoms with Gasteiger partial charge in [0.25, 0.3) is 10.0 Å². The lowest BCUT2D eigenvalue weighted by atomic mass is 10.00. The molecule has 1 N–H and O–H groups in total. The number of amides is 1. The molecular formula is C18H17BrN2O3S. The number of sulfonamides is 1. The number of carbonyl (C=O) groups excluding carboxylic acids is 1. The Morgan fingerprint density at radius 1 is 1.08 bits per heavy atom. The first-order valence-corrected chi connectivity index (χ1v) is 10.4. The van der Waals surface area contributed by atoms with Crippen molar-refractivity contribution in [3.63, 3.8) is 0 Å². The summed E-state index contributed by atoms with van der Waals surface area (Å²) < 4.78 is 29.3. The smallest absolute Gasteiger partial charge is 0.261 e. The normalized spacial score (nSPS) is 16.1. The van der Waals surface area contributed by atoms with Gasteiger partial charge in [-0.1, -0.05) is 15.9 Å². The standard InChI is InChI=1S/C18H17BrN2O3S/c1-11-8-14(19)3-4-16(11)20-25(23,24)15-9-12-2-5-17(22)21-7-6-13(10-15)18(12)21/h3-4,8-10,20H,2,5-7H2,1H3. The third-order valence-electron chi connectivity index (χ3n) is 4.77. The van der Waals surface area contributed by atoms with E-state index in [4.69, 9.17) is 0 Å². The second-order valence-corrected chi connectivity index (χ2v) is 9.05. The molecule has 0 bridgehead atoms. The summed E-state index contributed by atoms with van der Waals surface area (Å²) >= 11 is 3.38. The summed E-state index contributed by atoms with van der Waals surface area (Å²) in [5.41, 5.74) is 4.22. The maximum Gasteiger partial charge on any atom is 0.261 e. The van der Waals surface area contributed by atoms with Gasteiger partial charge in [0.05, 0.1) is 16.3 Å². The van der Waals surface area contributed by atoms with E-state index in [1.807, 2.05) is 13.0 Å². The summed E-state index contributed by atoms with van der Waals surface area (Å²) in [5.74, 6) is 0.130. The van der Waals surface area contributed by atoms with Gasteiger partial charge in [0.1, 0.15) is 0 Å². The van der Waals surface area contributed by atoms with Crippen LogP contribution in [0.25, 0.3) is 0 Å². The van der Waals surface area contributed by atoms with Crippen LogP contribution in [0.15, 0.2) is 39.7 Å². The molecule has 0 spiro atoms. The lowest BCUT2D eigenvalue weighted by Crippen LogP contribution is -2.33. The molecule has 2 heterocycles. The van der Waals surface area contributed by atoms with Gasteiger partial charge in [0.15, 0.2) is 0 Å². The van der Waals surface area contributed by atoms with Crippen LogP contribution in [0.3, 0.4) is 0 Å². The van der Waals surface area contributed by atoms with Crippen molar-refractivity contribution in [3.8, 4) is 0 Å². The molecule has 4 rings (SSSR count). The molecule has 2 aliphatic rings. The van der Waals surface area contributed by atoms with Crippen molar-refractivity contribution in [2.75, 3.05) is 16.2 Å². The Balaban J connectivity index is 1.73. The highest BCUT2D eigenvalue weighted by Crippen LogP contribution is 2.38. The minimum absolute atomic E-state index is 0.130. The van der Waals surface area contributed by atoms with Crippen LogP contribution in [-0.2, 0) is 27.7 Å². The van der Waals surface area contributed by atoms with Crippen LogP contribution in [-0.4, -0.2) is 20.9 Å². The zero-order valence-corrected chi connectivity index (χ0v) is 16.1. The van der Waals surface area contributed by atoms with Crippen molar-refractivity contribution in [3.05, 3.63) is 51.5 Å². The second kappa shape index (κ2) is 5.85. The van der Waals surface area contributed by atoms with E-state index in [2.05, 4.69) is 20.7 Å². The van der Waals surface area contributed by atoms with Crippen LogP contribution >= 0.6 is 15.9 Å². The SMILES string of the molecule is Cc1cc(Br)ccc1NS(=O)(=O)c1cc2c3c(c1)CCN3C(=O)CC2. The number of benzene rings is 2. The molecule has 0 saturated heterocycles. The Labute approximate surface area is 155 Å². The van der Waals surface area contributed by atoms with E-state index in [1.54, 1.807) is 29.2 Å². The summed E-state index contributed by atoms with van der Waals surface area (Å²) in [5, 5.41) is 0. The van der Waals surface area contributed by atoms with Crippen molar-refractivity contribution in [2.24, 2.45) is 0 Å². The lowest BCUT2D eigenvalue weighted by molar-refractivity contribution is -0.118. The highest BCUT2D eigenvalue weighted by molar-refractivity contribution is 9.10. The van der Waals surface area contributed by atoms with Crippen molar-refractivity contribution >= 4 is 43.2 Å². The Kier molecular flexibility index (Phi) is 3.88. The molecule has 0 atom stereocenters. The zero-order chi connectivity index (χ0) is 17.8. The third-order valence-corrected chi connectivity index (χ3v) is 6.61. The van der Waals surface area contributed by atoms with Crippen LogP contribution < -0.4 is 9.62 Å². The van der Waals surface area contributed by atoms with Gasteiger partial charge in [0.2, 0.25) is 5.91 Å². The minimum Gasteiger partial charge on any atom is -0.312 e. The number of halogens is 1. The molecule has 0 radical (unpaired) electrons. The number of nitrogens with zero attached hydrogens (tertiary/aromatic N) is 1. The highest BCUT2D eigenvalue weighted by Gasteiger charge is 2.33. The number of hydrogen-bond donors (Lipinski definition) is 1. The minimum atomic E-state index is -3.68. The van der Waals surface area contributed by atoms with Gasteiger partial charge < -0.3 is 4.90 Å². The van der Waals surface area contributed by atoms with E-state index in [0.717, 1.165) is 26.9 Å². The molecule has 7 heteroatoms. The average Bonchev–Trinajstić information content (AvgIpc) is 2.99. The quantitative estimate of drug-likeness (QED) is 0.827. The summed E-state index contributed by atoms with van der Waals surface area (Å²) in [6.45, 7) is 2.50. The van der Waals surface area contributed by atoms with E-state index >= 15 is 0 Å². The van der Waals surface area contributed by atoms with Crippen molar-refractivity contribution in [1.29, 1.82) is 0 Å². The van der Waals surface area contributed by atoms with Crippen molar-refractivity contribution in [1.82, 2.24) is 0 Å². The molecule has 130 valence electrons. The molecule has 2 aromatic rings. The molecule has 0 aromatic heterocycles. The van der Waals surface area contributed by atoms with Gasteiger partial charge in [-0.3, -0.25) is 9.52 Å². The van der Waals surface area contributed by atoms with E-state index < -0.39 is 10.0 Å². The maximum atomic E-state index is 12.9. The molecule has 0 saturated carbocycles. The molecule has 2 aromatic carbocycles. The zero-order valence-electron chi connectivity index (χ0n) is 13.7. The van der Waals surface area contributed by atoms with Crippen molar-refractivity contribution < 1.29 is 13.2 Å². The number of nitrogens with one attached hydrogen (secondary N) is 1. The predicted octanol–water partition coefficient (Wildman–Crippen LogP) is 3.39. The van der Waals surface area contributed by atoms with Crippen LogP contribution in [0.4, 0.5) is 11.4 Å². The van der Waals surface area contributed by atoms with E-state index in [1.165, 1.54) is 0 Å². The van der Waals surface area contributed by atoms with Gasteiger partial charge in [-0.05, 0) is 66.8 Å². The summed E-state index contributed by atoms with van der Waals surface area (Å²) in [6, 6.07) is 8.83. The van der Waals surface area contributed by atoms with Crippen molar-refractivity contribution in [2.45, 2.75) is 31.1 Å². The average molecular weight is 421 g/mol. The molecule has 0 aliphatic carbocycles. The second-order valence-electron chi connectivity index (χ2n) is 6.45. The van der Waals surface area contributed by atoms with Gasteiger partial charge in [-0.25, -0.2) is 8.42 Å². The van der Waals surface area contributed by atoms with E-state index in [0.29, 0.717) is 31.5 Å². The van der Waals surface area contributed by atoms with Crippen LogP contribution in [0.5, 0.6) is 0 Å². The van der Waals surface area contributed by atoms with Gasteiger partial charge in [-0.2, -0.15) is 0 Å². The Morgan fingerprint density at radius 2 is 1.80 bits per heavy atom. The molecule has 0 unspecified atom stereocenters. The van der Waals surface area contributed by atoms with E-state index in [9.17, 15) is 13.2 Å². The van der Waals surface area contributed by atoms with Crippen LogP contribution in [0.2, 0.25) is 0 Å². The first kappa shape index (κ1) is 16.6. The third kappa shape index (κ3) is 2.85. The fraction of sp³-hybridized carbons (Fsp3) is 0.278. The van der Waals surface area contributed by atoms with Crippen LogP contribution in [0, 0.1) is 6.92 Å². The Morgan fingerprint density at radius 3 is 2.52 bits per heavy atom. The lowest BCUT2D eigenvalue weighted by Gasteiger charge is -2.25. The van der Waals surface area contributed by atoms with E-state index in [-0.39, 0.29) is 10.8 Å². The fourth-order valence-electron chi connectivity index (χ4n) is 3.53. The van der Waals surface area contributed by atoms with Gasteiger partial charge in [0, 0.05) is 17.4 Å². The summed E-state index contributed by atoms with van der Waals surface area (Å²) in [4.78, 5) is 14.1. The maximum absolute atomic E-state index is 12.9. The summed E-state index contributed by atoms with van der Waals surface area (Å²) in [7, 11) is -3.68. The topological polar surface area (TPSA) is 66.5 Å². The largest absolute Gasteiger partial charge is 0.312 e. The number of anilines is 2. The molecular weight excluding hydrogens is 404 g/mol. The van der Waals surface area contributed by atoms with Gasteiger partial charge in [-0.15, -0.1) is 0 Å². The summed E-state index contributed by atoms with van der Waals surface area (Å²) in [6.07, 6.45) is 1.74.